The summed E-state index contributed by atoms with van der Waals surface area (Å²) in [6.45, 7) is 10.7. The molecule has 0 radical (unpaired) electrons. The number of rotatable bonds is 13. The summed E-state index contributed by atoms with van der Waals surface area (Å²) < 4.78 is 29.6. The summed E-state index contributed by atoms with van der Waals surface area (Å²) in [5, 5.41) is 10.1. The Morgan fingerprint density at radius 1 is 0.943 bits per heavy atom. The Kier molecular flexibility index (Phi) is 9.87. The van der Waals surface area contributed by atoms with Crippen LogP contribution in [0.4, 0.5) is 0 Å². The average molecular weight is 485 g/mol. The first kappa shape index (κ1) is 26.9. The Morgan fingerprint density at radius 2 is 1.66 bits per heavy atom. The largest absolute Gasteiger partial charge is 0.504 e. The molecule has 0 fully saturated rings. The Hall–Kier alpha value is -2.70. The summed E-state index contributed by atoms with van der Waals surface area (Å²) >= 11 is 0. The lowest BCUT2D eigenvalue weighted by molar-refractivity contribution is -0.0107. The molecule has 1 aliphatic rings. The highest BCUT2D eigenvalue weighted by Crippen LogP contribution is 2.52. The molecule has 192 valence electrons. The molecule has 0 spiro atoms. The first-order valence-corrected chi connectivity index (χ1v) is 12.4. The third-order valence-electron chi connectivity index (χ3n) is 6.04. The van der Waals surface area contributed by atoms with Crippen LogP contribution in [0.15, 0.2) is 36.4 Å². The van der Waals surface area contributed by atoms with Crippen LogP contribution < -0.4 is 14.2 Å². The summed E-state index contributed by atoms with van der Waals surface area (Å²) in [6.07, 6.45) is 5.36. The van der Waals surface area contributed by atoms with Crippen LogP contribution in [0.25, 0.3) is 6.08 Å². The van der Waals surface area contributed by atoms with Gasteiger partial charge in [0.2, 0.25) is 0 Å². The maximum absolute atomic E-state index is 10.1. The quantitative estimate of drug-likeness (QED) is 0.318. The van der Waals surface area contributed by atoms with E-state index in [1.165, 1.54) is 7.11 Å². The zero-order valence-electron chi connectivity index (χ0n) is 21.9. The van der Waals surface area contributed by atoms with Gasteiger partial charge < -0.3 is 28.8 Å². The van der Waals surface area contributed by atoms with E-state index in [0.29, 0.717) is 42.3 Å². The zero-order chi connectivity index (χ0) is 25.4. The van der Waals surface area contributed by atoms with Crippen molar-refractivity contribution >= 4 is 6.08 Å². The van der Waals surface area contributed by atoms with Gasteiger partial charge in [-0.2, -0.15) is 0 Å². The van der Waals surface area contributed by atoms with Crippen molar-refractivity contribution < 1.29 is 28.8 Å². The summed E-state index contributed by atoms with van der Waals surface area (Å²) in [4.78, 5) is 0. The third-order valence-corrected chi connectivity index (χ3v) is 6.04. The molecule has 1 aliphatic heterocycles. The van der Waals surface area contributed by atoms with Crippen molar-refractivity contribution in [2.75, 3.05) is 34.0 Å². The maximum atomic E-state index is 10.1. The van der Waals surface area contributed by atoms with Gasteiger partial charge in [-0.05, 0) is 60.1 Å². The molecule has 2 atom stereocenters. The van der Waals surface area contributed by atoms with Gasteiger partial charge in [0.25, 0.3) is 0 Å². The van der Waals surface area contributed by atoms with Crippen LogP contribution >= 0.6 is 0 Å². The highest BCUT2D eigenvalue weighted by molar-refractivity contribution is 5.62. The molecule has 35 heavy (non-hydrogen) atoms. The second-order valence-electron chi connectivity index (χ2n) is 9.74. The van der Waals surface area contributed by atoms with E-state index in [1.807, 2.05) is 24.3 Å². The van der Waals surface area contributed by atoms with E-state index in [9.17, 15) is 5.11 Å². The van der Waals surface area contributed by atoms with Gasteiger partial charge >= 0.3 is 0 Å². The minimum Gasteiger partial charge on any atom is -0.504 e. The van der Waals surface area contributed by atoms with Crippen LogP contribution in [0.1, 0.15) is 69.4 Å². The second kappa shape index (κ2) is 12.8. The lowest BCUT2D eigenvalue weighted by atomic mass is 9.98. The van der Waals surface area contributed by atoms with Crippen molar-refractivity contribution in [1.29, 1.82) is 0 Å². The van der Waals surface area contributed by atoms with Crippen molar-refractivity contribution in [2.24, 2.45) is 11.8 Å². The first-order chi connectivity index (χ1) is 16.8. The molecule has 3 rings (SSSR count). The van der Waals surface area contributed by atoms with Crippen molar-refractivity contribution in [3.05, 3.63) is 53.1 Å². The van der Waals surface area contributed by atoms with Gasteiger partial charge in [-0.15, -0.1) is 0 Å². The number of benzene rings is 2. The fourth-order valence-corrected chi connectivity index (χ4v) is 3.96. The normalized spacial score (nSPS) is 17.3. The van der Waals surface area contributed by atoms with Gasteiger partial charge in [-0.3, -0.25) is 0 Å². The van der Waals surface area contributed by atoms with Gasteiger partial charge in [0, 0.05) is 18.8 Å². The van der Waals surface area contributed by atoms with Gasteiger partial charge in [-0.25, -0.2) is 0 Å². The molecular formula is C29H40O6. The Balaban J connectivity index is 1.87. The average Bonchev–Trinajstić information content (AvgIpc) is 3.19. The minimum atomic E-state index is -0.390. The summed E-state index contributed by atoms with van der Waals surface area (Å²) in [5.41, 5.74) is 2.81. The van der Waals surface area contributed by atoms with E-state index >= 15 is 0 Å². The zero-order valence-corrected chi connectivity index (χ0v) is 21.9. The lowest BCUT2D eigenvalue weighted by Gasteiger charge is -2.21. The van der Waals surface area contributed by atoms with E-state index in [-0.39, 0.29) is 18.0 Å². The second-order valence-corrected chi connectivity index (χ2v) is 9.74. The monoisotopic (exact) mass is 484 g/mol. The van der Waals surface area contributed by atoms with Crippen LogP contribution in [0.3, 0.4) is 0 Å². The van der Waals surface area contributed by atoms with E-state index in [1.54, 1.807) is 19.2 Å². The number of hydrogen-bond acceptors (Lipinski definition) is 6. The molecule has 1 heterocycles. The smallest absolute Gasteiger partial charge is 0.168 e. The fraction of sp³-hybridized carbons (Fsp3) is 0.517. The van der Waals surface area contributed by atoms with Crippen molar-refractivity contribution in [1.82, 2.24) is 0 Å². The molecule has 0 saturated heterocycles. The predicted molar refractivity (Wildman–Crippen MR) is 138 cm³/mol. The summed E-state index contributed by atoms with van der Waals surface area (Å²) in [7, 11) is 3.18. The Labute approximate surface area is 209 Å². The SMILES string of the molecule is COc1cc(C2Oc3c(OC)cc(C=CCOCCC(C)C)cc3C2OCCC(C)C)ccc1O. The van der Waals surface area contributed by atoms with Gasteiger partial charge in [-0.1, -0.05) is 45.9 Å². The van der Waals surface area contributed by atoms with Gasteiger partial charge in [0.15, 0.2) is 29.1 Å². The maximum Gasteiger partial charge on any atom is 0.168 e. The molecule has 0 amide bonds. The van der Waals surface area contributed by atoms with Crippen molar-refractivity contribution in [3.63, 3.8) is 0 Å². The van der Waals surface area contributed by atoms with Gasteiger partial charge in [0.05, 0.1) is 20.8 Å². The van der Waals surface area contributed by atoms with Crippen LogP contribution in [-0.4, -0.2) is 39.1 Å². The Bertz CT molecular complexity index is 981. The highest BCUT2D eigenvalue weighted by Gasteiger charge is 2.39. The minimum absolute atomic E-state index is 0.0876. The van der Waals surface area contributed by atoms with E-state index in [2.05, 4.69) is 33.8 Å². The molecule has 6 heteroatoms. The number of fused-ring (bicyclic) bond motifs is 1. The lowest BCUT2D eigenvalue weighted by Crippen LogP contribution is -2.14. The molecule has 0 aliphatic carbocycles. The van der Waals surface area contributed by atoms with Crippen LogP contribution in [-0.2, 0) is 9.47 Å². The number of aromatic hydroxyl groups is 1. The predicted octanol–water partition coefficient (Wildman–Crippen LogP) is 6.72. The van der Waals surface area contributed by atoms with Gasteiger partial charge in [0.1, 0.15) is 6.10 Å². The molecule has 2 unspecified atom stereocenters. The topological polar surface area (TPSA) is 66.4 Å². The Morgan fingerprint density at radius 3 is 2.34 bits per heavy atom. The molecule has 2 aromatic rings. The number of phenols is 1. The van der Waals surface area contributed by atoms with Crippen LogP contribution in [0.2, 0.25) is 0 Å². The fourth-order valence-electron chi connectivity index (χ4n) is 3.96. The van der Waals surface area contributed by atoms with Crippen molar-refractivity contribution in [2.45, 2.75) is 52.7 Å². The molecule has 6 nitrogen and oxygen atoms in total. The summed E-state index contributed by atoms with van der Waals surface area (Å²) in [6, 6.07) is 9.33. The molecule has 0 saturated carbocycles. The molecule has 1 N–H and O–H groups in total. The number of methoxy groups -OCH3 is 2. The first-order valence-electron chi connectivity index (χ1n) is 12.4. The number of ether oxygens (including phenoxy) is 5. The number of phenolic OH excluding ortho intramolecular Hbond substituents is 1. The molecule has 0 bridgehead atoms. The third kappa shape index (κ3) is 7.15. The van der Waals surface area contributed by atoms with Crippen LogP contribution in [0, 0.1) is 11.8 Å². The highest BCUT2D eigenvalue weighted by atomic mass is 16.6. The standard InChI is InChI=1S/C29H40O6/c1-19(2)11-14-33-13-7-8-21-16-23-28(26(17-21)32-6)35-27(29(23)34-15-12-20(3)4)22-9-10-24(30)25(18-22)31-5/h7-10,16-20,27,29-30H,11-15H2,1-6H3. The van der Waals surface area contributed by atoms with E-state index < -0.39 is 0 Å². The summed E-state index contributed by atoms with van der Waals surface area (Å²) in [5.74, 6) is 3.00. The van der Waals surface area contributed by atoms with E-state index in [0.717, 1.165) is 36.1 Å². The molecular weight excluding hydrogens is 444 g/mol. The molecule has 0 aromatic heterocycles. The van der Waals surface area contributed by atoms with Crippen molar-refractivity contribution in [3.8, 4) is 23.0 Å². The number of hydrogen-bond donors (Lipinski definition) is 1. The van der Waals surface area contributed by atoms with Crippen LogP contribution in [0.5, 0.6) is 23.0 Å². The molecule has 2 aromatic carbocycles. The van der Waals surface area contributed by atoms with E-state index in [4.69, 9.17) is 23.7 Å².